The molecule has 3 aromatic rings. The van der Waals surface area contributed by atoms with Gasteiger partial charge in [-0.2, -0.15) is 0 Å². The minimum atomic E-state index is -1.76. The number of carbonyl (C=O) groups is 1. The first-order chi connectivity index (χ1) is 21.3. The van der Waals surface area contributed by atoms with Crippen LogP contribution in [0.15, 0.2) is 60.7 Å². The predicted octanol–water partition coefficient (Wildman–Crippen LogP) is 4.51. The molecule has 0 aromatic heterocycles. The molecule has 0 bridgehead atoms. The molecule has 6 rings (SSSR count). The average molecular weight is 623 g/mol. The molecule has 5 N–H and O–H groups in total. The summed E-state index contributed by atoms with van der Waals surface area (Å²) in [4.78, 5) is 16.1. The van der Waals surface area contributed by atoms with E-state index in [0.717, 1.165) is 49.9 Å². The van der Waals surface area contributed by atoms with E-state index >= 15 is 4.39 Å². The lowest BCUT2D eigenvalue weighted by Gasteiger charge is -2.31. The van der Waals surface area contributed by atoms with E-state index in [9.17, 15) is 13.4 Å². The Bertz CT molecular complexity index is 1520. The maximum Gasteiger partial charge on any atom is 0.242 e. The van der Waals surface area contributed by atoms with Gasteiger partial charge in [0.1, 0.15) is 11.6 Å². The summed E-state index contributed by atoms with van der Waals surface area (Å²) in [6.07, 6.45) is 5.84. The van der Waals surface area contributed by atoms with E-state index in [-0.39, 0.29) is 17.7 Å². The zero-order valence-corrected chi connectivity index (χ0v) is 25.5. The summed E-state index contributed by atoms with van der Waals surface area (Å²) in [6, 6.07) is 17.0. The monoisotopic (exact) mass is 622 g/mol. The number of fused-ring (bicyclic) bond motifs is 2. The zero-order valence-electron chi connectivity index (χ0n) is 24.7. The largest absolute Gasteiger partial charge is 0.324 e. The molecule has 0 saturated carbocycles. The van der Waals surface area contributed by atoms with Crippen LogP contribution in [-0.2, 0) is 35.1 Å². The first-order valence-electron chi connectivity index (χ1n) is 15.6. The summed E-state index contributed by atoms with van der Waals surface area (Å²) in [7, 11) is 0. The molecule has 2 heterocycles. The molecular weight excluding hydrogens is 582 g/mol. The Kier molecular flexibility index (Phi) is 9.53. The molecular formula is C34H40F2N4O3S. The van der Waals surface area contributed by atoms with E-state index in [1.54, 1.807) is 24.3 Å². The summed E-state index contributed by atoms with van der Waals surface area (Å²) in [5.74, 6) is -1.37. The Hall–Kier alpha value is -3.02. The highest BCUT2D eigenvalue weighted by Gasteiger charge is 2.47. The first kappa shape index (κ1) is 31.0. The topological polar surface area (TPSA) is 107 Å². The highest BCUT2D eigenvalue weighted by Crippen LogP contribution is 2.35. The number of benzene rings is 3. The van der Waals surface area contributed by atoms with E-state index in [0.29, 0.717) is 48.3 Å². The number of piperazine rings is 1. The van der Waals surface area contributed by atoms with Gasteiger partial charge in [-0.3, -0.25) is 9.69 Å². The van der Waals surface area contributed by atoms with Crippen molar-refractivity contribution in [3.63, 3.8) is 0 Å². The van der Waals surface area contributed by atoms with Crippen molar-refractivity contribution in [2.45, 2.75) is 75.0 Å². The number of halogens is 2. The maximum atomic E-state index is 15.2. The van der Waals surface area contributed by atoms with Crippen molar-refractivity contribution in [3.8, 4) is 0 Å². The van der Waals surface area contributed by atoms with Gasteiger partial charge in [-0.25, -0.2) is 13.0 Å². The van der Waals surface area contributed by atoms with Gasteiger partial charge < -0.3 is 20.9 Å². The molecule has 0 spiro atoms. The third-order valence-corrected chi connectivity index (χ3v) is 10.2. The fraction of sp³-hybridized carbons (Fsp3) is 0.441. The molecule has 2 aliphatic heterocycles. The lowest BCUT2D eigenvalue weighted by Crippen LogP contribution is -2.49. The Morgan fingerprint density at radius 2 is 1.84 bits per heavy atom. The van der Waals surface area contributed by atoms with Crippen LogP contribution in [-0.4, -0.2) is 62.6 Å². The SMILES string of the molecule is N[C@H](C(=O)Nc1cccc(F)c1CCC1NCC(CCCS(=O)O)N2CC12)[C@@H](c1ccc(F)cc1)c1ccc2c(c1)CCC2. The van der Waals surface area contributed by atoms with E-state index in [1.807, 2.05) is 6.07 Å². The number of hydrogen-bond acceptors (Lipinski definition) is 5. The Labute approximate surface area is 259 Å². The van der Waals surface area contributed by atoms with Crippen LogP contribution in [0.3, 0.4) is 0 Å². The smallest absolute Gasteiger partial charge is 0.242 e. The normalized spacial score (nSPS) is 24.2. The number of aryl methyl sites for hydroxylation is 2. The molecule has 1 aliphatic carbocycles. The van der Waals surface area contributed by atoms with Gasteiger partial charge in [0.2, 0.25) is 5.91 Å². The molecule has 0 radical (unpaired) electrons. The number of nitrogens with one attached hydrogen (secondary N) is 2. The van der Waals surface area contributed by atoms with Crippen molar-refractivity contribution >= 4 is 22.7 Å². The van der Waals surface area contributed by atoms with Crippen molar-refractivity contribution in [1.82, 2.24) is 10.2 Å². The van der Waals surface area contributed by atoms with Crippen LogP contribution in [0.25, 0.3) is 0 Å². The van der Waals surface area contributed by atoms with Crippen molar-refractivity contribution in [2.24, 2.45) is 5.73 Å². The van der Waals surface area contributed by atoms with Crippen molar-refractivity contribution < 1.29 is 22.3 Å². The van der Waals surface area contributed by atoms with Crippen LogP contribution in [0.5, 0.6) is 0 Å². The van der Waals surface area contributed by atoms with Crippen molar-refractivity contribution in [3.05, 3.63) is 100 Å². The van der Waals surface area contributed by atoms with Gasteiger partial charge in [-0.05, 0) is 91.5 Å². The number of anilines is 1. The Morgan fingerprint density at radius 3 is 2.64 bits per heavy atom. The minimum Gasteiger partial charge on any atom is -0.324 e. The zero-order chi connectivity index (χ0) is 30.8. The van der Waals surface area contributed by atoms with Gasteiger partial charge in [0.15, 0.2) is 11.1 Å². The molecule has 7 atom stereocenters. The third kappa shape index (κ3) is 6.94. The molecule has 44 heavy (non-hydrogen) atoms. The third-order valence-electron chi connectivity index (χ3n) is 9.55. The summed E-state index contributed by atoms with van der Waals surface area (Å²) in [5, 5.41) is 6.53. The van der Waals surface area contributed by atoms with Crippen LogP contribution < -0.4 is 16.4 Å². The van der Waals surface area contributed by atoms with Gasteiger partial charge >= 0.3 is 0 Å². The Morgan fingerprint density at radius 1 is 1.07 bits per heavy atom. The number of nitrogens with two attached hydrogens (primary N) is 1. The lowest BCUT2D eigenvalue weighted by atomic mass is 9.83. The standard InChI is InChI=1S/C34H40F2N4O3S/c35-25-13-11-22(12-14-25)32(24-10-9-21-4-1-5-23(21)18-24)33(37)34(41)39-29-8-2-7-28(36)27(29)15-16-30-31-20-40(31)26(19-38-30)6-3-17-44(42)43/h2,7-14,18,26,30-33,38H,1,3-6,15-17,19-20,37H2,(H,39,41)(H,42,43)/t26?,30?,31?,32-,33-,40?/m0/s1. The molecule has 7 nitrogen and oxygen atoms in total. The van der Waals surface area contributed by atoms with E-state index in [4.69, 9.17) is 10.3 Å². The lowest BCUT2D eigenvalue weighted by molar-refractivity contribution is -0.117. The van der Waals surface area contributed by atoms with Crippen LogP contribution in [0.2, 0.25) is 0 Å². The highest BCUT2D eigenvalue weighted by molar-refractivity contribution is 7.79. The molecule has 10 heteroatoms. The van der Waals surface area contributed by atoms with E-state index in [1.165, 1.54) is 29.3 Å². The number of amides is 1. The van der Waals surface area contributed by atoms with Crippen molar-refractivity contribution in [2.75, 3.05) is 24.2 Å². The van der Waals surface area contributed by atoms with Crippen LogP contribution in [0, 0.1) is 11.6 Å². The van der Waals surface area contributed by atoms with Gasteiger partial charge in [0.05, 0.1) is 6.04 Å². The van der Waals surface area contributed by atoms with Gasteiger partial charge in [0.25, 0.3) is 0 Å². The summed E-state index contributed by atoms with van der Waals surface area (Å²) >= 11 is -1.76. The molecule has 2 fully saturated rings. The highest BCUT2D eigenvalue weighted by atomic mass is 32.2. The second-order valence-electron chi connectivity index (χ2n) is 12.3. The van der Waals surface area contributed by atoms with Gasteiger partial charge in [-0.15, -0.1) is 0 Å². The number of rotatable bonds is 12. The fourth-order valence-electron chi connectivity index (χ4n) is 7.15. The Balaban J connectivity index is 1.14. The first-order valence-corrected chi connectivity index (χ1v) is 16.8. The number of hydrogen-bond donors (Lipinski definition) is 4. The predicted molar refractivity (Wildman–Crippen MR) is 169 cm³/mol. The molecule has 5 unspecified atom stereocenters. The molecule has 3 aliphatic rings. The average Bonchev–Trinajstić information content (AvgIpc) is 3.68. The number of carbonyl (C=O) groups excluding carboxylic acids is 1. The maximum absolute atomic E-state index is 15.2. The number of nitrogens with zero attached hydrogens (tertiary/aromatic N) is 1. The fourth-order valence-corrected chi connectivity index (χ4v) is 7.57. The van der Waals surface area contributed by atoms with Crippen LogP contribution in [0.1, 0.15) is 59.4 Å². The van der Waals surface area contributed by atoms with E-state index < -0.39 is 28.9 Å². The molecule has 3 aromatic carbocycles. The van der Waals surface area contributed by atoms with Gasteiger partial charge in [0, 0.05) is 54.1 Å². The summed E-state index contributed by atoms with van der Waals surface area (Å²) in [6.45, 7) is 1.76. The second kappa shape index (κ2) is 13.5. The van der Waals surface area contributed by atoms with E-state index in [2.05, 4.69) is 27.7 Å². The van der Waals surface area contributed by atoms with Gasteiger partial charge in [-0.1, -0.05) is 36.4 Å². The second-order valence-corrected chi connectivity index (χ2v) is 13.4. The summed E-state index contributed by atoms with van der Waals surface area (Å²) < 4.78 is 49.0. The van der Waals surface area contributed by atoms with Crippen LogP contribution in [0.4, 0.5) is 14.5 Å². The minimum absolute atomic E-state index is 0.200. The summed E-state index contributed by atoms with van der Waals surface area (Å²) in [5.41, 5.74) is 11.8. The molecule has 1 amide bonds. The van der Waals surface area contributed by atoms with Crippen LogP contribution >= 0.6 is 0 Å². The van der Waals surface area contributed by atoms with Crippen molar-refractivity contribution in [1.29, 1.82) is 0 Å². The molecule has 2 saturated heterocycles. The molecule has 234 valence electrons. The quantitative estimate of drug-likeness (QED) is 0.175.